The number of aryl methyl sites for hydroxylation is 1. The summed E-state index contributed by atoms with van der Waals surface area (Å²) < 4.78 is 8.28. The van der Waals surface area contributed by atoms with E-state index in [0.717, 1.165) is 11.9 Å². The Labute approximate surface area is 121 Å². The molecule has 3 nitrogen and oxygen atoms in total. The van der Waals surface area contributed by atoms with Gasteiger partial charge in [-0.2, -0.15) is 4.57 Å². The van der Waals surface area contributed by atoms with E-state index in [-0.39, 0.29) is 23.0 Å². The molecule has 0 N–H and O–H groups in total. The number of benzene rings is 1. The molecule has 1 heterocycles. The molecule has 0 aliphatic heterocycles. The van der Waals surface area contributed by atoms with Gasteiger partial charge in [-0.15, -0.1) is 0 Å². The molecular formula is C13H16BrNO2S. The van der Waals surface area contributed by atoms with Crippen LogP contribution in [0.1, 0.15) is 18.9 Å². The molecule has 0 aliphatic carbocycles. The van der Waals surface area contributed by atoms with Gasteiger partial charge in [0.05, 0.1) is 6.61 Å². The van der Waals surface area contributed by atoms with Crippen LogP contribution in [0, 0.1) is 0 Å². The molecule has 0 fully saturated rings. The fourth-order valence-corrected chi connectivity index (χ4v) is 2.96. The van der Waals surface area contributed by atoms with Gasteiger partial charge in [-0.05, 0) is 13.0 Å². The van der Waals surface area contributed by atoms with E-state index in [4.69, 9.17) is 4.74 Å². The molecule has 0 saturated carbocycles. The van der Waals surface area contributed by atoms with E-state index in [9.17, 15) is 4.79 Å². The summed E-state index contributed by atoms with van der Waals surface area (Å²) in [6.45, 7) is 4.67. The lowest BCUT2D eigenvalue weighted by molar-refractivity contribution is -0.663. The summed E-state index contributed by atoms with van der Waals surface area (Å²) in [5, 5.41) is 1.21. The average Bonchev–Trinajstić information content (AvgIpc) is 2.68. The molecule has 0 amide bonds. The lowest BCUT2D eigenvalue weighted by Gasteiger charge is -1.99. The first kappa shape index (κ1) is 15.1. The number of thiazole rings is 1. The van der Waals surface area contributed by atoms with Crippen LogP contribution in [0.2, 0.25) is 0 Å². The van der Waals surface area contributed by atoms with Crippen molar-refractivity contribution < 1.29 is 31.1 Å². The minimum Gasteiger partial charge on any atom is -1.00 e. The molecule has 18 heavy (non-hydrogen) atoms. The van der Waals surface area contributed by atoms with E-state index in [1.54, 1.807) is 11.3 Å². The van der Waals surface area contributed by atoms with Crippen LogP contribution in [-0.2, 0) is 22.5 Å². The Hall–Kier alpha value is -0.940. The molecule has 1 aromatic heterocycles. The minimum absolute atomic E-state index is 0. The van der Waals surface area contributed by atoms with Gasteiger partial charge in [-0.25, -0.2) is 4.79 Å². The maximum Gasteiger partial charge on any atom is 0.372 e. The van der Waals surface area contributed by atoms with Gasteiger partial charge < -0.3 is 21.7 Å². The van der Waals surface area contributed by atoms with Gasteiger partial charge in [0.25, 0.3) is 0 Å². The van der Waals surface area contributed by atoms with Crippen LogP contribution in [0.15, 0.2) is 24.3 Å². The number of ether oxygens (including phenoxy) is 1. The summed E-state index contributed by atoms with van der Waals surface area (Å²) in [6.07, 6.45) is 0.929. The maximum atomic E-state index is 11.6. The topological polar surface area (TPSA) is 30.2 Å². The molecule has 2 aromatic rings. The van der Waals surface area contributed by atoms with E-state index in [2.05, 4.69) is 17.6 Å². The quantitative estimate of drug-likeness (QED) is 0.549. The highest BCUT2D eigenvalue weighted by Crippen LogP contribution is 2.20. The molecule has 0 aliphatic rings. The number of aromatic nitrogens is 1. The molecule has 98 valence electrons. The first-order valence-corrected chi connectivity index (χ1v) is 6.63. The van der Waals surface area contributed by atoms with Crippen LogP contribution < -0.4 is 21.5 Å². The van der Waals surface area contributed by atoms with Gasteiger partial charge in [0, 0.05) is 12.5 Å². The van der Waals surface area contributed by atoms with E-state index in [1.165, 1.54) is 9.71 Å². The Balaban J connectivity index is 0.00000162. The van der Waals surface area contributed by atoms with Gasteiger partial charge in [0.1, 0.15) is 4.70 Å². The van der Waals surface area contributed by atoms with Crippen LogP contribution in [0.4, 0.5) is 0 Å². The highest BCUT2D eigenvalue weighted by molar-refractivity contribution is 7.18. The zero-order chi connectivity index (χ0) is 12.3. The Morgan fingerprint density at radius 2 is 2.06 bits per heavy atom. The van der Waals surface area contributed by atoms with E-state index in [0.29, 0.717) is 13.2 Å². The molecular weight excluding hydrogens is 314 g/mol. The number of hydrogen-bond donors (Lipinski definition) is 0. The van der Waals surface area contributed by atoms with Crippen LogP contribution in [0.3, 0.4) is 0 Å². The lowest BCUT2D eigenvalue weighted by atomic mass is 10.3. The van der Waals surface area contributed by atoms with Gasteiger partial charge in [-0.1, -0.05) is 30.4 Å². The SMILES string of the molecule is CCOC(=O)C[n+]1c(CC)sc2ccccc21.[Br-]. The standard InChI is InChI=1S/C13H16NO2S.BrH/c1-3-12-14(9-13(15)16-4-2)10-7-5-6-8-11(10)17-12;/h5-8H,3-4,9H2,1-2H3;1H/q+1;/p-1. The number of hydrogen-bond acceptors (Lipinski definition) is 3. The monoisotopic (exact) mass is 329 g/mol. The smallest absolute Gasteiger partial charge is 0.372 e. The Kier molecular flexibility index (Phi) is 5.75. The van der Waals surface area contributed by atoms with Crippen molar-refractivity contribution in [2.24, 2.45) is 0 Å². The maximum absolute atomic E-state index is 11.6. The molecule has 0 radical (unpaired) electrons. The summed E-state index contributed by atoms with van der Waals surface area (Å²) in [7, 11) is 0. The highest BCUT2D eigenvalue weighted by Gasteiger charge is 2.21. The third-order valence-electron chi connectivity index (χ3n) is 2.58. The predicted octanol–water partition coefficient (Wildman–Crippen LogP) is -0.682. The number of esters is 1. The Morgan fingerprint density at radius 3 is 2.72 bits per heavy atom. The third kappa shape index (κ3) is 3.09. The first-order chi connectivity index (χ1) is 8.26. The third-order valence-corrected chi connectivity index (χ3v) is 3.89. The van der Waals surface area contributed by atoms with Crippen molar-refractivity contribution in [1.82, 2.24) is 0 Å². The van der Waals surface area contributed by atoms with E-state index < -0.39 is 0 Å². The highest BCUT2D eigenvalue weighted by atomic mass is 79.9. The minimum atomic E-state index is -0.171. The summed E-state index contributed by atoms with van der Waals surface area (Å²) in [5.41, 5.74) is 1.11. The lowest BCUT2D eigenvalue weighted by Crippen LogP contribution is -3.00. The summed E-state index contributed by atoms with van der Waals surface area (Å²) >= 11 is 1.74. The van der Waals surface area contributed by atoms with Crippen molar-refractivity contribution in [3.05, 3.63) is 29.3 Å². The molecule has 0 atom stereocenters. The number of halogens is 1. The van der Waals surface area contributed by atoms with Crippen molar-refractivity contribution in [2.45, 2.75) is 26.8 Å². The van der Waals surface area contributed by atoms with Gasteiger partial charge in [0.2, 0.25) is 17.1 Å². The second-order valence-electron chi connectivity index (χ2n) is 3.71. The summed E-state index contributed by atoms with van der Waals surface area (Å²) in [5.74, 6) is -0.171. The van der Waals surface area contributed by atoms with Crippen molar-refractivity contribution in [3.63, 3.8) is 0 Å². The largest absolute Gasteiger partial charge is 1.00 e. The molecule has 0 unspecified atom stereocenters. The Morgan fingerprint density at radius 1 is 1.33 bits per heavy atom. The Bertz CT molecular complexity index is 539. The summed E-state index contributed by atoms with van der Waals surface area (Å²) in [6, 6.07) is 8.15. The number of carbonyl (C=O) groups excluding carboxylic acids is 1. The first-order valence-electron chi connectivity index (χ1n) is 5.82. The van der Waals surface area contributed by atoms with E-state index in [1.807, 2.05) is 25.1 Å². The number of rotatable bonds is 4. The number of nitrogens with zero attached hydrogens (tertiary/aromatic N) is 1. The molecule has 1 aromatic carbocycles. The molecule has 2 rings (SSSR count). The van der Waals surface area contributed by atoms with Gasteiger partial charge in [0.15, 0.2) is 0 Å². The van der Waals surface area contributed by atoms with Gasteiger partial charge >= 0.3 is 5.97 Å². The van der Waals surface area contributed by atoms with Crippen LogP contribution in [0.25, 0.3) is 10.2 Å². The second-order valence-corrected chi connectivity index (χ2v) is 4.82. The van der Waals surface area contributed by atoms with Crippen molar-refractivity contribution in [2.75, 3.05) is 6.61 Å². The summed E-state index contributed by atoms with van der Waals surface area (Å²) in [4.78, 5) is 11.6. The zero-order valence-electron chi connectivity index (χ0n) is 10.5. The van der Waals surface area contributed by atoms with Gasteiger partial charge in [-0.3, -0.25) is 0 Å². The zero-order valence-corrected chi connectivity index (χ0v) is 12.9. The van der Waals surface area contributed by atoms with Crippen molar-refractivity contribution in [1.29, 1.82) is 0 Å². The normalized spacial score (nSPS) is 10.1. The fourth-order valence-electron chi connectivity index (χ4n) is 1.85. The molecule has 5 heteroatoms. The fraction of sp³-hybridized carbons (Fsp3) is 0.385. The average molecular weight is 330 g/mol. The number of carbonyl (C=O) groups is 1. The predicted molar refractivity (Wildman–Crippen MR) is 68.0 cm³/mol. The van der Waals surface area contributed by atoms with Crippen molar-refractivity contribution >= 4 is 27.5 Å². The molecule has 0 saturated heterocycles. The van der Waals surface area contributed by atoms with Crippen molar-refractivity contribution in [3.8, 4) is 0 Å². The van der Waals surface area contributed by atoms with E-state index >= 15 is 0 Å². The van der Waals surface area contributed by atoms with Crippen LogP contribution in [0.5, 0.6) is 0 Å². The number of para-hydroxylation sites is 1. The molecule has 0 bridgehead atoms. The molecule has 0 spiro atoms. The van der Waals surface area contributed by atoms with Crippen LogP contribution in [-0.4, -0.2) is 12.6 Å². The van der Waals surface area contributed by atoms with Crippen LogP contribution >= 0.6 is 11.3 Å². The number of fused-ring (bicyclic) bond motifs is 1. The second kappa shape index (κ2) is 6.85.